The van der Waals surface area contributed by atoms with E-state index in [1.165, 1.54) is 6.92 Å². The largest absolute Gasteiger partial charge is 0.356 e. The van der Waals surface area contributed by atoms with Gasteiger partial charge in [0.15, 0.2) is 0 Å². The van der Waals surface area contributed by atoms with Crippen molar-refractivity contribution in [1.29, 1.82) is 0 Å². The number of carbonyl (C=O) groups excluding carboxylic acids is 1. The monoisotopic (exact) mass is 231 g/mol. The highest BCUT2D eigenvalue weighted by atomic mass is 35.5. The summed E-state index contributed by atoms with van der Waals surface area (Å²) in [6.45, 7) is 2.08. The van der Waals surface area contributed by atoms with Crippen LogP contribution in [0.2, 0.25) is 10.0 Å². The lowest BCUT2D eigenvalue weighted by Gasteiger charge is -2.04. The lowest BCUT2D eigenvalue weighted by atomic mass is 10.1. The first-order chi connectivity index (χ1) is 6.59. The van der Waals surface area contributed by atoms with Crippen molar-refractivity contribution in [3.8, 4) is 0 Å². The first-order valence-electron chi connectivity index (χ1n) is 4.28. The van der Waals surface area contributed by atoms with Gasteiger partial charge in [-0.1, -0.05) is 29.3 Å². The topological polar surface area (TPSA) is 29.1 Å². The van der Waals surface area contributed by atoms with Crippen LogP contribution in [0.25, 0.3) is 0 Å². The predicted molar refractivity (Wildman–Crippen MR) is 58.8 cm³/mol. The Hall–Kier alpha value is -0.730. The molecular formula is C10H11Cl2NO. The van der Waals surface area contributed by atoms with E-state index in [1.807, 2.05) is 6.07 Å². The fraction of sp³-hybridized carbons (Fsp3) is 0.300. The minimum atomic E-state index is -0.0323. The molecule has 0 aliphatic carbocycles. The molecule has 0 saturated heterocycles. The zero-order valence-electron chi connectivity index (χ0n) is 7.81. The maximum absolute atomic E-state index is 10.6. The minimum absolute atomic E-state index is 0.0323. The first-order valence-corrected chi connectivity index (χ1v) is 5.03. The molecule has 0 saturated carbocycles. The lowest BCUT2D eigenvalue weighted by molar-refractivity contribution is -0.118. The number of benzene rings is 1. The summed E-state index contributed by atoms with van der Waals surface area (Å²) in [5.41, 5.74) is 0.991. The second-order valence-corrected chi connectivity index (χ2v) is 3.81. The van der Waals surface area contributed by atoms with Crippen molar-refractivity contribution in [2.45, 2.75) is 13.3 Å². The van der Waals surface area contributed by atoms with Crippen molar-refractivity contribution in [1.82, 2.24) is 5.32 Å². The summed E-state index contributed by atoms with van der Waals surface area (Å²) in [5.74, 6) is -0.0323. The number of rotatable bonds is 3. The molecule has 1 aromatic carbocycles. The van der Waals surface area contributed by atoms with Gasteiger partial charge in [0, 0.05) is 23.5 Å². The van der Waals surface area contributed by atoms with Gasteiger partial charge in [0.05, 0.1) is 0 Å². The maximum Gasteiger partial charge on any atom is 0.216 e. The van der Waals surface area contributed by atoms with Crippen LogP contribution in [-0.4, -0.2) is 12.5 Å². The minimum Gasteiger partial charge on any atom is -0.356 e. The summed E-state index contributed by atoms with van der Waals surface area (Å²) >= 11 is 11.7. The third-order valence-corrected chi connectivity index (χ3v) is 2.37. The zero-order valence-corrected chi connectivity index (χ0v) is 9.32. The SMILES string of the molecule is CC(=O)NCCc1ccc(Cl)cc1Cl. The Morgan fingerprint density at radius 2 is 2.14 bits per heavy atom. The van der Waals surface area contributed by atoms with Gasteiger partial charge in [0.25, 0.3) is 0 Å². The third-order valence-electron chi connectivity index (χ3n) is 1.78. The van der Waals surface area contributed by atoms with Gasteiger partial charge in [-0.2, -0.15) is 0 Å². The molecule has 0 radical (unpaired) electrons. The molecule has 1 amide bonds. The standard InChI is InChI=1S/C10H11Cl2NO/c1-7(14)13-5-4-8-2-3-9(11)6-10(8)12/h2-3,6H,4-5H2,1H3,(H,13,14). The number of amides is 1. The molecule has 0 heterocycles. The van der Waals surface area contributed by atoms with Gasteiger partial charge in [0.2, 0.25) is 5.91 Å². The second-order valence-electron chi connectivity index (χ2n) is 2.97. The number of carbonyl (C=O) groups is 1. The van der Waals surface area contributed by atoms with Crippen molar-refractivity contribution in [3.63, 3.8) is 0 Å². The van der Waals surface area contributed by atoms with Gasteiger partial charge in [-0.05, 0) is 24.1 Å². The molecular weight excluding hydrogens is 221 g/mol. The maximum atomic E-state index is 10.6. The molecule has 0 spiro atoms. The molecule has 1 rings (SSSR count). The van der Waals surface area contributed by atoms with E-state index in [0.29, 0.717) is 16.6 Å². The van der Waals surface area contributed by atoms with E-state index < -0.39 is 0 Å². The second kappa shape index (κ2) is 5.23. The van der Waals surface area contributed by atoms with Gasteiger partial charge < -0.3 is 5.32 Å². The number of hydrogen-bond acceptors (Lipinski definition) is 1. The van der Waals surface area contributed by atoms with Crippen LogP contribution in [0.3, 0.4) is 0 Å². The van der Waals surface area contributed by atoms with Crippen molar-refractivity contribution in [2.75, 3.05) is 6.54 Å². The number of halogens is 2. The highest BCUT2D eigenvalue weighted by Crippen LogP contribution is 2.20. The van der Waals surface area contributed by atoms with E-state index in [0.717, 1.165) is 12.0 Å². The lowest BCUT2D eigenvalue weighted by Crippen LogP contribution is -2.22. The zero-order chi connectivity index (χ0) is 10.6. The molecule has 76 valence electrons. The fourth-order valence-corrected chi connectivity index (χ4v) is 1.60. The Morgan fingerprint density at radius 1 is 1.43 bits per heavy atom. The van der Waals surface area contributed by atoms with Crippen molar-refractivity contribution < 1.29 is 4.79 Å². The van der Waals surface area contributed by atoms with Crippen LogP contribution >= 0.6 is 23.2 Å². The Morgan fingerprint density at radius 3 is 2.71 bits per heavy atom. The Kier molecular flexibility index (Phi) is 4.23. The molecule has 0 fully saturated rings. The van der Waals surface area contributed by atoms with Crippen molar-refractivity contribution >= 4 is 29.1 Å². The van der Waals surface area contributed by atoms with E-state index in [9.17, 15) is 4.79 Å². The molecule has 0 unspecified atom stereocenters. The normalized spacial score (nSPS) is 9.93. The first kappa shape index (κ1) is 11.3. The number of nitrogens with one attached hydrogen (secondary N) is 1. The van der Waals surface area contributed by atoms with Gasteiger partial charge in [-0.25, -0.2) is 0 Å². The Balaban J connectivity index is 2.55. The van der Waals surface area contributed by atoms with Crippen LogP contribution in [0, 0.1) is 0 Å². The van der Waals surface area contributed by atoms with Gasteiger partial charge in [0.1, 0.15) is 0 Å². The van der Waals surface area contributed by atoms with Crippen LogP contribution in [-0.2, 0) is 11.2 Å². The quantitative estimate of drug-likeness (QED) is 0.852. The van der Waals surface area contributed by atoms with Crippen LogP contribution in [0.15, 0.2) is 18.2 Å². The predicted octanol–water partition coefficient (Wildman–Crippen LogP) is 2.67. The van der Waals surface area contributed by atoms with Crippen LogP contribution in [0.4, 0.5) is 0 Å². The van der Waals surface area contributed by atoms with Gasteiger partial charge in [-0.15, -0.1) is 0 Å². The Bertz CT molecular complexity index is 339. The van der Waals surface area contributed by atoms with Gasteiger partial charge in [-0.3, -0.25) is 4.79 Å². The third kappa shape index (κ3) is 3.56. The summed E-state index contributed by atoms with van der Waals surface area (Å²) in [5, 5.41) is 3.97. The van der Waals surface area contributed by atoms with E-state index in [-0.39, 0.29) is 5.91 Å². The van der Waals surface area contributed by atoms with Crippen LogP contribution in [0.1, 0.15) is 12.5 Å². The number of hydrogen-bond donors (Lipinski definition) is 1. The summed E-state index contributed by atoms with van der Waals surface area (Å²) in [6, 6.07) is 5.36. The summed E-state index contributed by atoms with van der Waals surface area (Å²) in [4.78, 5) is 10.6. The average molecular weight is 232 g/mol. The summed E-state index contributed by atoms with van der Waals surface area (Å²) < 4.78 is 0. The van der Waals surface area contributed by atoms with E-state index in [4.69, 9.17) is 23.2 Å². The molecule has 4 heteroatoms. The summed E-state index contributed by atoms with van der Waals surface area (Å²) in [6.07, 6.45) is 0.718. The smallest absolute Gasteiger partial charge is 0.216 e. The molecule has 1 N–H and O–H groups in total. The molecule has 2 nitrogen and oxygen atoms in total. The molecule has 1 aromatic rings. The van der Waals surface area contributed by atoms with Crippen LogP contribution < -0.4 is 5.32 Å². The molecule has 0 atom stereocenters. The van der Waals surface area contributed by atoms with Crippen LogP contribution in [0.5, 0.6) is 0 Å². The van der Waals surface area contributed by atoms with E-state index in [1.54, 1.807) is 12.1 Å². The average Bonchev–Trinajstić information content (AvgIpc) is 2.08. The van der Waals surface area contributed by atoms with Crippen molar-refractivity contribution in [2.24, 2.45) is 0 Å². The fourth-order valence-electron chi connectivity index (χ4n) is 1.10. The summed E-state index contributed by atoms with van der Waals surface area (Å²) in [7, 11) is 0. The highest BCUT2D eigenvalue weighted by molar-refractivity contribution is 6.35. The molecule has 14 heavy (non-hydrogen) atoms. The molecule has 0 aliphatic heterocycles. The molecule has 0 aliphatic rings. The molecule has 0 aromatic heterocycles. The van der Waals surface area contributed by atoms with Gasteiger partial charge >= 0.3 is 0 Å². The van der Waals surface area contributed by atoms with E-state index in [2.05, 4.69) is 5.32 Å². The Labute approximate surface area is 93.2 Å². The van der Waals surface area contributed by atoms with Crippen molar-refractivity contribution in [3.05, 3.63) is 33.8 Å². The highest BCUT2D eigenvalue weighted by Gasteiger charge is 2.01. The van der Waals surface area contributed by atoms with E-state index >= 15 is 0 Å². The molecule has 0 bridgehead atoms.